The van der Waals surface area contributed by atoms with Crippen molar-refractivity contribution in [2.75, 3.05) is 5.73 Å². The maximum atomic E-state index is 11.9. The Kier molecular flexibility index (Phi) is 3.35. The van der Waals surface area contributed by atoms with E-state index in [-0.39, 0.29) is 11.5 Å². The van der Waals surface area contributed by atoms with Crippen LogP contribution < -0.4 is 11.3 Å². The Morgan fingerprint density at radius 3 is 2.71 bits per heavy atom. The van der Waals surface area contributed by atoms with Crippen molar-refractivity contribution in [1.29, 1.82) is 0 Å². The molecule has 0 unspecified atom stereocenters. The Morgan fingerprint density at radius 2 is 2.24 bits per heavy atom. The predicted molar refractivity (Wildman–Crippen MR) is 74.4 cm³/mol. The molecule has 6 heteroatoms. The number of halogens is 1. The van der Waals surface area contributed by atoms with Crippen LogP contribution in [0.4, 0.5) is 5.82 Å². The predicted octanol–water partition coefficient (Wildman–Crippen LogP) is 2.97. The van der Waals surface area contributed by atoms with Gasteiger partial charge in [0.2, 0.25) is 0 Å². The fraction of sp³-hybridized carbons (Fsp3) is 0.273. The van der Waals surface area contributed by atoms with Crippen molar-refractivity contribution < 1.29 is 0 Å². The first-order valence-electron chi connectivity index (χ1n) is 5.13. The van der Waals surface area contributed by atoms with E-state index in [0.29, 0.717) is 17.2 Å². The highest BCUT2D eigenvalue weighted by molar-refractivity contribution is 9.10. The van der Waals surface area contributed by atoms with E-state index in [2.05, 4.69) is 25.9 Å². The molecule has 0 saturated heterocycles. The molecule has 0 atom stereocenters. The monoisotopic (exact) mass is 313 g/mol. The average Bonchev–Trinajstić information content (AvgIpc) is 2.63. The molecule has 0 radical (unpaired) electrons. The second-order valence-corrected chi connectivity index (χ2v) is 5.82. The van der Waals surface area contributed by atoms with Gasteiger partial charge in [-0.1, -0.05) is 13.8 Å². The van der Waals surface area contributed by atoms with Gasteiger partial charge in [-0.25, -0.2) is 4.98 Å². The Hall–Kier alpha value is -1.14. The first kappa shape index (κ1) is 12.3. The molecule has 2 aromatic heterocycles. The highest BCUT2D eigenvalue weighted by Crippen LogP contribution is 2.28. The topological polar surface area (TPSA) is 71.8 Å². The number of aromatic amines is 1. The Bertz CT molecular complexity index is 603. The fourth-order valence-electron chi connectivity index (χ4n) is 1.61. The van der Waals surface area contributed by atoms with Crippen molar-refractivity contribution in [3.05, 3.63) is 31.8 Å². The molecule has 0 aliphatic rings. The first-order chi connectivity index (χ1) is 7.99. The smallest absolute Gasteiger partial charge is 0.256 e. The van der Waals surface area contributed by atoms with Crippen LogP contribution in [0.5, 0.6) is 0 Å². The fourth-order valence-corrected chi connectivity index (χ4v) is 2.98. The third kappa shape index (κ3) is 2.42. The molecular weight excluding hydrogens is 302 g/mol. The molecule has 17 heavy (non-hydrogen) atoms. The van der Waals surface area contributed by atoms with Crippen LogP contribution in [0, 0.1) is 0 Å². The van der Waals surface area contributed by atoms with E-state index in [9.17, 15) is 4.79 Å². The summed E-state index contributed by atoms with van der Waals surface area (Å²) in [6.07, 6.45) is 0. The van der Waals surface area contributed by atoms with Crippen molar-refractivity contribution in [3.8, 4) is 10.7 Å². The van der Waals surface area contributed by atoms with Gasteiger partial charge in [-0.05, 0) is 27.9 Å². The van der Waals surface area contributed by atoms with Gasteiger partial charge < -0.3 is 10.7 Å². The summed E-state index contributed by atoms with van der Waals surface area (Å²) in [5.41, 5.74) is 6.21. The van der Waals surface area contributed by atoms with Crippen LogP contribution in [0.15, 0.2) is 20.7 Å². The maximum Gasteiger partial charge on any atom is 0.256 e. The van der Waals surface area contributed by atoms with Gasteiger partial charge in [0.15, 0.2) is 5.82 Å². The molecule has 3 N–H and O–H groups in total. The lowest BCUT2D eigenvalue weighted by molar-refractivity contribution is 0.837. The highest BCUT2D eigenvalue weighted by atomic mass is 79.9. The van der Waals surface area contributed by atoms with Gasteiger partial charge in [0, 0.05) is 9.85 Å². The molecule has 0 aliphatic heterocycles. The second-order valence-electron chi connectivity index (χ2n) is 4.00. The van der Waals surface area contributed by atoms with Crippen LogP contribution in [0.25, 0.3) is 10.7 Å². The van der Waals surface area contributed by atoms with Crippen molar-refractivity contribution in [2.45, 2.75) is 19.8 Å². The number of aromatic nitrogens is 2. The SMILES string of the molecule is CC(C)c1c(N)nc(-c2cc(Br)cs2)[nH]c1=O. The number of nitrogens with one attached hydrogen (secondary N) is 1. The molecule has 2 heterocycles. The largest absolute Gasteiger partial charge is 0.383 e. The van der Waals surface area contributed by atoms with Crippen molar-refractivity contribution in [1.82, 2.24) is 9.97 Å². The van der Waals surface area contributed by atoms with Crippen LogP contribution in [0.1, 0.15) is 25.3 Å². The van der Waals surface area contributed by atoms with E-state index in [1.807, 2.05) is 25.3 Å². The van der Waals surface area contributed by atoms with Crippen LogP contribution in [0.2, 0.25) is 0 Å². The summed E-state index contributed by atoms with van der Waals surface area (Å²) in [7, 11) is 0. The number of nitrogens with zero attached hydrogens (tertiary/aromatic N) is 1. The number of thiophene rings is 1. The molecule has 0 saturated carbocycles. The van der Waals surface area contributed by atoms with Crippen molar-refractivity contribution in [3.63, 3.8) is 0 Å². The van der Waals surface area contributed by atoms with Gasteiger partial charge in [-0.15, -0.1) is 11.3 Å². The molecule has 0 aliphatic carbocycles. The van der Waals surface area contributed by atoms with E-state index in [0.717, 1.165) is 9.35 Å². The van der Waals surface area contributed by atoms with Crippen LogP contribution >= 0.6 is 27.3 Å². The number of nitrogen functional groups attached to an aromatic ring is 1. The standard InChI is InChI=1S/C11H12BrN3OS/c1-5(2)8-9(13)14-10(15-11(8)16)7-3-6(12)4-17-7/h3-5H,1-2H3,(H3,13,14,15,16). The molecule has 4 nitrogen and oxygen atoms in total. The molecule has 90 valence electrons. The summed E-state index contributed by atoms with van der Waals surface area (Å²) >= 11 is 4.86. The van der Waals surface area contributed by atoms with E-state index in [1.54, 1.807) is 0 Å². The lowest BCUT2D eigenvalue weighted by atomic mass is 10.1. The molecule has 2 aromatic rings. The van der Waals surface area contributed by atoms with Crippen LogP contribution in [-0.4, -0.2) is 9.97 Å². The number of H-pyrrole nitrogens is 1. The quantitative estimate of drug-likeness (QED) is 0.895. The lowest BCUT2D eigenvalue weighted by Crippen LogP contribution is -2.19. The van der Waals surface area contributed by atoms with E-state index in [1.165, 1.54) is 11.3 Å². The van der Waals surface area contributed by atoms with Gasteiger partial charge in [-0.2, -0.15) is 0 Å². The zero-order valence-electron chi connectivity index (χ0n) is 9.45. The number of rotatable bonds is 2. The number of nitrogens with two attached hydrogens (primary N) is 1. The number of anilines is 1. The van der Waals surface area contributed by atoms with Gasteiger partial charge in [0.05, 0.1) is 10.4 Å². The summed E-state index contributed by atoms with van der Waals surface area (Å²) < 4.78 is 0.964. The second kappa shape index (κ2) is 4.62. The lowest BCUT2D eigenvalue weighted by Gasteiger charge is -2.08. The molecule has 0 bridgehead atoms. The minimum Gasteiger partial charge on any atom is -0.383 e. The number of hydrogen-bond acceptors (Lipinski definition) is 4. The Morgan fingerprint density at radius 1 is 1.53 bits per heavy atom. The zero-order chi connectivity index (χ0) is 12.6. The third-order valence-corrected chi connectivity index (χ3v) is 4.06. The van der Waals surface area contributed by atoms with Gasteiger partial charge in [0.1, 0.15) is 5.82 Å². The van der Waals surface area contributed by atoms with Gasteiger partial charge in [0.25, 0.3) is 5.56 Å². The normalized spacial score (nSPS) is 11.1. The molecule has 0 fully saturated rings. The molecule has 0 aromatic carbocycles. The molecule has 0 amide bonds. The number of hydrogen-bond donors (Lipinski definition) is 2. The summed E-state index contributed by atoms with van der Waals surface area (Å²) in [5, 5.41) is 1.93. The molecule has 0 spiro atoms. The average molecular weight is 314 g/mol. The summed E-state index contributed by atoms with van der Waals surface area (Å²) in [5.74, 6) is 0.895. The van der Waals surface area contributed by atoms with Crippen LogP contribution in [0.3, 0.4) is 0 Å². The minimum absolute atomic E-state index is 0.0652. The van der Waals surface area contributed by atoms with E-state index in [4.69, 9.17) is 5.73 Å². The van der Waals surface area contributed by atoms with Gasteiger partial charge in [-0.3, -0.25) is 4.79 Å². The van der Waals surface area contributed by atoms with E-state index < -0.39 is 0 Å². The third-order valence-electron chi connectivity index (χ3n) is 2.36. The maximum absolute atomic E-state index is 11.9. The van der Waals surface area contributed by atoms with Crippen molar-refractivity contribution >= 4 is 33.1 Å². The minimum atomic E-state index is -0.160. The summed E-state index contributed by atoms with van der Waals surface area (Å²) in [4.78, 5) is 19.8. The molecule has 2 rings (SSSR count). The Labute approximate surface area is 111 Å². The Balaban J connectivity index is 2.57. The van der Waals surface area contributed by atoms with Gasteiger partial charge >= 0.3 is 0 Å². The van der Waals surface area contributed by atoms with Crippen molar-refractivity contribution in [2.24, 2.45) is 0 Å². The zero-order valence-corrected chi connectivity index (χ0v) is 11.9. The first-order valence-corrected chi connectivity index (χ1v) is 6.80. The van der Waals surface area contributed by atoms with Crippen LogP contribution in [-0.2, 0) is 0 Å². The summed E-state index contributed by atoms with van der Waals surface area (Å²) in [6.45, 7) is 3.84. The highest BCUT2D eigenvalue weighted by Gasteiger charge is 2.13. The summed E-state index contributed by atoms with van der Waals surface area (Å²) in [6, 6.07) is 1.90. The van der Waals surface area contributed by atoms with E-state index >= 15 is 0 Å². The molecular formula is C11H12BrN3OS.